The molecule has 1 aromatic carbocycles. The van der Waals surface area contributed by atoms with Crippen LogP contribution in [0.15, 0.2) is 28.1 Å². The molecule has 14 heavy (non-hydrogen) atoms. The Morgan fingerprint density at radius 2 is 2.14 bits per heavy atom. The summed E-state index contributed by atoms with van der Waals surface area (Å²) in [6.45, 7) is 0. The first-order valence-electron chi connectivity index (χ1n) is 3.52. The molecule has 74 valence electrons. The second kappa shape index (κ2) is 3.96. The van der Waals surface area contributed by atoms with Gasteiger partial charge in [-0.15, -0.1) is 0 Å². The maximum atomic E-state index is 13.1. The SMILES string of the molecule is CS(=O)(=O)c1ccc(N=C=S)c(F)c1. The van der Waals surface area contributed by atoms with Crippen LogP contribution >= 0.6 is 12.2 Å². The summed E-state index contributed by atoms with van der Waals surface area (Å²) < 4.78 is 35.2. The van der Waals surface area contributed by atoms with Crippen LogP contribution in [0.2, 0.25) is 0 Å². The van der Waals surface area contributed by atoms with Gasteiger partial charge in [0.15, 0.2) is 15.7 Å². The van der Waals surface area contributed by atoms with Gasteiger partial charge < -0.3 is 0 Å². The second-order valence-corrected chi connectivity index (χ2v) is 4.79. The predicted molar refractivity (Wildman–Crippen MR) is 54.2 cm³/mol. The maximum Gasteiger partial charge on any atom is 0.175 e. The summed E-state index contributed by atoms with van der Waals surface area (Å²) >= 11 is 4.30. The molecule has 6 heteroatoms. The zero-order valence-corrected chi connectivity index (χ0v) is 8.82. The van der Waals surface area contributed by atoms with E-state index in [0.717, 1.165) is 12.3 Å². The molecule has 0 fully saturated rings. The topological polar surface area (TPSA) is 46.5 Å². The fraction of sp³-hybridized carbons (Fsp3) is 0.125. The molecule has 3 nitrogen and oxygen atoms in total. The van der Waals surface area contributed by atoms with Crippen molar-refractivity contribution < 1.29 is 12.8 Å². The number of rotatable bonds is 2. The third-order valence-corrected chi connectivity index (χ3v) is 2.71. The number of thiocarbonyl (C=S) groups is 1. The summed E-state index contributed by atoms with van der Waals surface area (Å²) in [7, 11) is -3.39. The minimum atomic E-state index is -3.39. The summed E-state index contributed by atoms with van der Waals surface area (Å²) in [5.74, 6) is -0.731. The molecule has 0 aromatic heterocycles. The standard InChI is InChI=1S/C8H6FNO2S2/c1-14(11,12)6-2-3-8(10-5-13)7(9)4-6/h2-4H,1H3. The Bertz CT molecular complexity index is 504. The fourth-order valence-corrected chi connectivity index (χ4v) is 1.59. The molecular weight excluding hydrogens is 225 g/mol. The zero-order chi connectivity index (χ0) is 10.8. The molecule has 0 saturated heterocycles. The van der Waals surface area contributed by atoms with Crippen molar-refractivity contribution in [1.82, 2.24) is 0 Å². The zero-order valence-electron chi connectivity index (χ0n) is 7.19. The van der Waals surface area contributed by atoms with E-state index in [-0.39, 0.29) is 10.6 Å². The summed E-state index contributed by atoms with van der Waals surface area (Å²) in [5, 5.41) is 2.00. The highest BCUT2D eigenvalue weighted by Crippen LogP contribution is 2.20. The van der Waals surface area contributed by atoms with E-state index in [1.165, 1.54) is 12.1 Å². The predicted octanol–water partition coefficient (Wildman–Crippen LogP) is 1.96. The minimum absolute atomic E-state index is 0.0209. The molecule has 0 radical (unpaired) electrons. The van der Waals surface area contributed by atoms with Crippen molar-refractivity contribution in [2.45, 2.75) is 4.90 Å². The van der Waals surface area contributed by atoms with Crippen LogP contribution < -0.4 is 0 Å². The Morgan fingerprint density at radius 3 is 2.57 bits per heavy atom. The molecule has 0 atom stereocenters. The molecule has 0 aliphatic rings. The molecule has 0 bridgehead atoms. The van der Waals surface area contributed by atoms with E-state index in [1.807, 2.05) is 5.16 Å². The van der Waals surface area contributed by atoms with Gasteiger partial charge in [-0.3, -0.25) is 0 Å². The van der Waals surface area contributed by atoms with E-state index in [4.69, 9.17) is 0 Å². The van der Waals surface area contributed by atoms with Crippen molar-refractivity contribution in [2.24, 2.45) is 4.99 Å². The van der Waals surface area contributed by atoms with Crippen LogP contribution in [0.25, 0.3) is 0 Å². The minimum Gasteiger partial charge on any atom is -0.224 e. The van der Waals surface area contributed by atoms with Gasteiger partial charge in [0.25, 0.3) is 0 Å². The Labute approximate surface area is 86.2 Å². The highest BCUT2D eigenvalue weighted by Gasteiger charge is 2.10. The van der Waals surface area contributed by atoms with Crippen LogP contribution in [-0.2, 0) is 9.84 Å². The quantitative estimate of drug-likeness (QED) is 0.577. The Morgan fingerprint density at radius 1 is 1.50 bits per heavy atom. The van der Waals surface area contributed by atoms with Gasteiger partial charge in [-0.05, 0) is 30.4 Å². The first-order chi connectivity index (χ1) is 6.45. The van der Waals surface area contributed by atoms with Gasteiger partial charge in [0.2, 0.25) is 0 Å². The highest BCUT2D eigenvalue weighted by molar-refractivity contribution is 7.90. The van der Waals surface area contributed by atoms with E-state index in [0.29, 0.717) is 0 Å². The molecule has 1 rings (SSSR count). The number of hydrogen-bond acceptors (Lipinski definition) is 4. The smallest absolute Gasteiger partial charge is 0.175 e. The van der Waals surface area contributed by atoms with Crippen LogP contribution in [0, 0.1) is 5.82 Å². The molecule has 0 aliphatic heterocycles. The van der Waals surface area contributed by atoms with Gasteiger partial charge in [-0.2, -0.15) is 4.99 Å². The lowest BCUT2D eigenvalue weighted by Crippen LogP contribution is -1.97. The van der Waals surface area contributed by atoms with Gasteiger partial charge in [-0.25, -0.2) is 12.8 Å². The van der Waals surface area contributed by atoms with Crippen LogP contribution in [0.3, 0.4) is 0 Å². The number of isothiocyanates is 1. The Kier molecular flexibility index (Phi) is 3.10. The van der Waals surface area contributed by atoms with E-state index in [2.05, 4.69) is 17.2 Å². The van der Waals surface area contributed by atoms with Gasteiger partial charge in [0.05, 0.1) is 10.1 Å². The van der Waals surface area contributed by atoms with E-state index in [9.17, 15) is 12.8 Å². The molecule has 0 amide bonds. The molecule has 1 aromatic rings. The second-order valence-electron chi connectivity index (χ2n) is 2.59. The number of sulfone groups is 1. The lowest BCUT2D eigenvalue weighted by molar-refractivity contribution is 0.596. The molecule has 0 unspecified atom stereocenters. The normalized spacial score (nSPS) is 10.7. The number of hydrogen-bond donors (Lipinski definition) is 0. The van der Waals surface area contributed by atoms with Crippen LogP contribution in [0.4, 0.5) is 10.1 Å². The maximum absolute atomic E-state index is 13.1. The average molecular weight is 231 g/mol. The molecule has 0 N–H and O–H groups in total. The van der Waals surface area contributed by atoms with Crippen LogP contribution in [0.5, 0.6) is 0 Å². The molecule has 0 spiro atoms. The molecule has 0 aliphatic carbocycles. The summed E-state index contributed by atoms with van der Waals surface area (Å²) in [4.78, 5) is 3.34. The van der Waals surface area contributed by atoms with Gasteiger partial charge in [0.1, 0.15) is 5.69 Å². The first-order valence-corrected chi connectivity index (χ1v) is 5.82. The number of halogens is 1. The first kappa shape index (κ1) is 11.0. The largest absolute Gasteiger partial charge is 0.224 e. The van der Waals surface area contributed by atoms with Crippen LogP contribution in [0.1, 0.15) is 0 Å². The molecular formula is C8H6FNO2S2. The van der Waals surface area contributed by atoms with Crippen molar-refractivity contribution in [1.29, 1.82) is 0 Å². The van der Waals surface area contributed by atoms with Gasteiger partial charge in [0, 0.05) is 6.26 Å². The van der Waals surface area contributed by atoms with E-state index in [1.54, 1.807) is 0 Å². The Balaban J connectivity index is 3.33. The number of nitrogens with zero attached hydrogens (tertiary/aromatic N) is 1. The van der Waals surface area contributed by atoms with Gasteiger partial charge in [-0.1, -0.05) is 0 Å². The summed E-state index contributed by atoms with van der Waals surface area (Å²) in [6.07, 6.45) is 1.00. The van der Waals surface area contributed by atoms with E-state index >= 15 is 0 Å². The number of benzene rings is 1. The fourth-order valence-electron chi connectivity index (χ4n) is 0.858. The van der Waals surface area contributed by atoms with Crippen molar-refractivity contribution in [3.8, 4) is 0 Å². The third-order valence-electron chi connectivity index (χ3n) is 1.51. The molecule has 0 saturated carbocycles. The highest BCUT2D eigenvalue weighted by atomic mass is 32.2. The third kappa shape index (κ3) is 2.45. The van der Waals surface area contributed by atoms with Crippen molar-refractivity contribution >= 4 is 32.9 Å². The Hall–Kier alpha value is -1.10. The summed E-state index contributed by atoms with van der Waals surface area (Å²) in [6, 6.07) is 3.41. The number of aliphatic imine (C=N–C) groups is 1. The lowest BCUT2D eigenvalue weighted by atomic mass is 10.3. The van der Waals surface area contributed by atoms with Crippen molar-refractivity contribution in [3.63, 3.8) is 0 Å². The van der Waals surface area contributed by atoms with Crippen molar-refractivity contribution in [2.75, 3.05) is 6.26 Å². The van der Waals surface area contributed by atoms with Gasteiger partial charge >= 0.3 is 0 Å². The van der Waals surface area contributed by atoms with Crippen molar-refractivity contribution in [3.05, 3.63) is 24.0 Å². The monoisotopic (exact) mass is 231 g/mol. The van der Waals surface area contributed by atoms with Crippen LogP contribution in [-0.4, -0.2) is 19.8 Å². The lowest BCUT2D eigenvalue weighted by Gasteiger charge is -1.99. The van der Waals surface area contributed by atoms with E-state index < -0.39 is 15.7 Å². The molecule has 0 heterocycles. The summed E-state index contributed by atoms with van der Waals surface area (Å²) in [5.41, 5.74) is -0.0209. The average Bonchev–Trinajstić information content (AvgIpc) is 2.07.